The number of hydrogen-bond donors (Lipinski definition) is 0. The molecule has 36 heavy (non-hydrogen) atoms. The van der Waals surface area contributed by atoms with Gasteiger partial charge in [-0.1, -0.05) is 24.3 Å². The van der Waals surface area contributed by atoms with Gasteiger partial charge in [-0.05, 0) is 31.5 Å². The summed E-state index contributed by atoms with van der Waals surface area (Å²) in [6, 6.07) is 11.7. The molecule has 0 aliphatic carbocycles. The summed E-state index contributed by atoms with van der Waals surface area (Å²) in [5, 5.41) is 4.85. The van der Waals surface area contributed by atoms with Gasteiger partial charge < -0.3 is 4.57 Å². The van der Waals surface area contributed by atoms with E-state index < -0.39 is 11.9 Å². The van der Waals surface area contributed by atoms with Gasteiger partial charge in [0.1, 0.15) is 17.2 Å². The minimum Gasteiger partial charge on any atom is -0.328 e. The Labute approximate surface area is 203 Å². The van der Waals surface area contributed by atoms with E-state index in [2.05, 4.69) is 20.1 Å². The first-order chi connectivity index (χ1) is 17.1. The molecule has 0 aliphatic heterocycles. The molecule has 11 heteroatoms. The van der Waals surface area contributed by atoms with E-state index in [1.807, 2.05) is 0 Å². The second-order valence-corrected chi connectivity index (χ2v) is 8.72. The minimum atomic E-state index is -4.53. The maximum absolute atomic E-state index is 13.2. The fourth-order valence-electron chi connectivity index (χ4n) is 4.02. The summed E-state index contributed by atoms with van der Waals surface area (Å²) in [7, 11) is 1.78. The van der Waals surface area contributed by atoms with E-state index in [-0.39, 0.29) is 24.0 Å². The van der Waals surface area contributed by atoms with Crippen molar-refractivity contribution in [1.82, 2.24) is 33.9 Å². The Kier molecular flexibility index (Phi) is 5.70. The van der Waals surface area contributed by atoms with Crippen molar-refractivity contribution in [3.8, 4) is 22.9 Å². The van der Waals surface area contributed by atoms with Crippen LogP contribution in [0.5, 0.6) is 0 Å². The lowest BCUT2D eigenvalue weighted by Crippen LogP contribution is -2.21. The molecular formula is C25H22F3N7O. The first-order valence-corrected chi connectivity index (χ1v) is 11.2. The van der Waals surface area contributed by atoms with E-state index in [0.29, 0.717) is 28.1 Å². The Balaban J connectivity index is 1.51. The van der Waals surface area contributed by atoms with Crippen LogP contribution in [0.15, 0.2) is 65.8 Å². The van der Waals surface area contributed by atoms with Gasteiger partial charge >= 0.3 is 6.18 Å². The van der Waals surface area contributed by atoms with Gasteiger partial charge in [-0.25, -0.2) is 15.0 Å². The first-order valence-electron chi connectivity index (χ1n) is 11.2. The summed E-state index contributed by atoms with van der Waals surface area (Å²) in [5.41, 5.74) is 1.36. The molecule has 1 aromatic carbocycles. The van der Waals surface area contributed by atoms with Crippen LogP contribution in [0.3, 0.4) is 0 Å². The Morgan fingerprint density at radius 1 is 1.00 bits per heavy atom. The standard InChI is InChI=1S/C25H22F3N7O/c1-15(2)34-14-20(25(26,27)28)31-23(34)17-6-4-16(5-7-17)13-35-21(36)9-8-18-12-29-22(32-24(18)35)19-10-11-30-33(19)3/h4-12,14-15H,13H2,1-3H3. The highest BCUT2D eigenvalue weighted by atomic mass is 19.4. The van der Waals surface area contributed by atoms with Gasteiger partial charge in [0.25, 0.3) is 5.56 Å². The SMILES string of the molecule is CC(C)n1cc(C(F)(F)F)nc1-c1ccc(Cn2c(=O)ccc3cnc(-c4ccnn4C)nc32)cc1. The third-order valence-electron chi connectivity index (χ3n) is 5.90. The zero-order valence-corrected chi connectivity index (χ0v) is 19.7. The van der Waals surface area contributed by atoms with Crippen LogP contribution >= 0.6 is 0 Å². The van der Waals surface area contributed by atoms with E-state index in [9.17, 15) is 18.0 Å². The van der Waals surface area contributed by atoms with Crippen molar-refractivity contribution in [3.63, 3.8) is 0 Å². The third-order valence-corrected chi connectivity index (χ3v) is 5.90. The Morgan fingerprint density at radius 2 is 1.75 bits per heavy atom. The van der Waals surface area contributed by atoms with Gasteiger partial charge in [-0.2, -0.15) is 18.3 Å². The quantitative estimate of drug-likeness (QED) is 0.354. The first kappa shape index (κ1) is 23.5. The Hall–Kier alpha value is -4.28. The number of alkyl halides is 3. The summed E-state index contributed by atoms with van der Waals surface area (Å²) in [5.74, 6) is 0.679. The average Bonchev–Trinajstić information content (AvgIpc) is 3.48. The number of hydrogen-bond acceptors (Lipinski definition) is 5. The topological polar surface area (TPSA) is 83.4 Å². The van der Waals surface area contributed by atoms with Crippen LogP contribution < -0.4 is 5.56 Å². The lowest BCUT2D eigenvalue weighted by atomic mass is 10.1. The van der Waals surface area contributed by atoms with Crippen molar-refractivity contribution in [1.29, 1.82) is 0 Å². The highest BCUT2D eigenvalue weighted by Crippen LogP contribution is 2.32. The van der Waals surface area contributed by atoms with Crippen molar-refractivity contribution in [2.24, 2.45) is 7.05 Å². The van der Waals surface area contributed by atoms with Crippen LogP contribution in [0, 0.1) is 0 Å². The molecule has 0 atom stereocenters. The normalized spacial score (nSPS) is 12.1. The van der Waals surface area contributed by atoms with Crippen LogP contribution in [-0.2, 0) is 19.8 Å². The molecule has 0 saturated carbocycles. The zero-order chi connectivity index (χ0) is 25.6. The second-order valence-electron chi connectivity index (χ2n) is 8.72. The van der Waals surface area contributed by atoms with Gasteiger partial charge in [-0.15, -0.1) is 0 Å². The fraction of sp³-hybridized carbons (Fsp3) is 0.240. The molecule has 0 amide bonds. The number of halogens is 3. The van der Waals surface area contributed by atoms with Crippen LogP contribution in [0.1, 0.15) is 31.1 Å². The summed E-state index contributed by atoms with van der Waals surface area (Å²) < 4.78 is 44.4. The van der Waals surface area contributed by atoms with Crippen molar-refractivity contribution in [2.45, 2.75) is 32.6 Å². The molecule has 0 N–H and O–H groups in total. The number of fused-ring (bicyclic) bond motifs is 1. The van der Waals surface area contributed by atoms with Gasteiger partial charge in [0.05, 0.1) is 6.54 Å². The van der Waals surface area contributed by atoms with Crippen LogP contribution in [0.4, 0.5) is 13.2 Å². The highest BCUT2D eigenvalue weighted by Gasteiger charge is 2.35. The molecule has 184 valence electrons. The molecule has 4 heterocycles. The largest absolute Gasteiger partial charge is 0.434 e. The van der Waals surface area contributed by atoms with Crippen LogP contribution in [-0.4, -0.2) is 33.9 Å². The number of benzene rings is 1. The number of pyridine rings is 1. The van der Waals surface area contributed by atoms with Crippen molar-refractivity contribution >= 4 is 11.0 Å². The Bertz CT molecular complexity index is 1610. The molecule has 0 aliphatic rings. The molecule has 5 aromatic rings. The number of rotatable bonds is 5. The molecule has 0 fully saturated rings. The molecule has 0 saturated heterocycles. The van der Waals surface area contributed by atoms with Gasteiger partial charge in [0, 0.05) is 48.7 Å². The van der Waals surface area contributed by atoms with E-state index in [4.69, 9.17) is 0 Å². The monoisotopic (exact) mass is 493 g/mol. The molecule has 4 aromatic heterocycles. The van der Waals surface area contributed by atoms with Crippen LogP contribution in [0.25, 0.3) is 33.9 Å². The zero-order valence-electron chi connectivity index (χ0n) is 19.7. The van der Waals surface area contributed by atoms with E-state index in [0.717, 1.165) is 11.8 Å². The summed E-state index contributed by atoms with van der Waals surface area (Å²) >= 11 is 0. The van der Waals surface area contributed by atoms with Gasteiger partial charge in [-0.3, -0.25) is 14.0 Å². The predicted molar refractivity (Wildman–Crippen MR) is 128 cm³/mol. The number of aryl methyl sites for hydroxylation is 1. The van der Waals surface area contributed by atoms with E-state index in [1.165, 1.54) is 10.6 Å². The smallest absolute Gasteiger partial charge is 0.328 e. The summed E-state index contributed by atoms with van der Waals surface area (Å²) in [4.78, 5) is 25.6. The molecule has 5 rings (SSSR count). The Morgan fingerprint density at radius 3 is 2.39 bits per heavy atom. The maximum atomic E-state index is 13.2. The van der Waals surface area contributed by atoms with Gasteiger partial charge in [0.15, 0.2) is 11.5 Å². The molecule has 0 radical (unpaired) electrons. The maximum Gasteiger partial charge on any atom is 0.434 e. The van der Waals surface area contributed by atoms with Crippen molar-refractivity contribution in [2.75, 3.05) is 0 Å². The van der Waals surface area contributed by atoms with Crippen molar-refractivity contribution < 1.29 is 13.2 Å². The van der Waals surface area contributed by atoms with Crippen LogP contribution in [0.2, 0.25) is 0 Å². The number of imidazole rings is 1. The van der Waals surface area contributed by atoms with E-state index in [1.54, 1.807) is 78.9 Å². The number of aromatic nitrogens is 7. The molecule has 0 bridgehead atoms. The highest BCUT2D eigenvalue weighted by molar-refractivity contribution is 5.76. The van der Waals surface area contributed by atoms with Gasteiger partial charge in [0.2, 0.25) is 0 Å². The van der Waals surface area contributed by atoms with Crippen molar-refractivity contribution in [3.05, 3.63) is 82.7 Å². The lowest BCUT2D eigenvalue weighted by Gasteiger charge is -2.13. The molecule has 0 spiro atoms. The second kappa shape index (κ2) is 8.74. The molecular weight excluding hydrogens is 471 g/mol. The molecule has 0 unspecified atom stereocenters. The third kappa shape index (κ3) is 4.28. The fourth-order valence-corrected chi connectivity index (χ4v) is 4.02. The van der Waals surface area contributed by atoms with E-state index >= 15 is 0 Å². The minimum absolute atomic E-state index is 0.203. The number of nitrogens with zero attached hydrogens (tertiary/aromatic N) is 7. The summed E-state index contributed by atoms with van der Waals surface area (Å²) in [6.45, 7) is 3.83. The predicted octanol–water partition coefficient (Wildman–Crippen LogP) is 4.70. The average molecular weight is 493 g/mol. The molecule has 8 nitrogen and oxygen atoms in total. The lowest BCUT2D eigenvalue weighted by molar-refractivity contribution is -0.140. The summed E-state index contributed by atoms with van der Waals surface area (Å²) in [6.07, 6.45) is -0.192.